The molecule has 0 aliphatic rings. The van der Waals surface area contributed by atoms with Gasteiger partial charge >= 0.3 is 0 Å². The number of benzene rings is 1. The van der Waals surface area contributed by atoms with Crippen LogP contribution >= 0.6 is 0 Å². The van der Waals surface area contributed by atoms with Crippen LogP contribution < -0.4 is 0 Å². The number of ketones is 1. The Labute approximate surface area is 92.1 Å². The molecule has 0 bridgehead atoms. The van der Waals surface area contributed by atoms with Gasteiger partial charge in [0, 0.05) is 19.2 Å². The van der Waals surface area contributed by atoms with Gasteiger partial charge in [0.1, 0.15) is 5.69 Å². The van der Waals surface area contributed by atoms with E-state index < -0.39 is 0 Å². The summed E-state index contributed by atoms with van der Waals surface area (Å²) < 4.78 is 1.24. The Hall–Kier alpha value is -2.10. The smallest absolute Gasteiger partial charge is 0.228 e. The summed E-state index contributed by atoms with van der Waals surface area (Å²) in [7, 11) is 0. The molecule has 1 heterocycles. The third-order valence-corrected chi connectivity index (χ3v) is 2.50. The fourth-order valence-electron chi connectivity index (χ4n) is 1.87. The molecule has 0 aliphatic carbocycles. The van der Waals surface area contributed by atoms with Crippen molar-refractivity contribution >= 4 is 22.6 Å². The van der Waals surface area contributed by atoms with Crippen LogP contribution in [-0.4, -0.2) is 21.4 Å². The van der Waals surface area contributed by atoms with E-state index in [9.17, 15) is 14.7 Å². The summed E-state index contributed by atoms with van der Waals surface area (Å²) in [5.74, 6) is -0.746. The number of hydrogen-bond donors (Lipinski definition) is 1. The van der Waals surface area contributed by atoms with Crippen LogP contribution in [0.15, 0.2) is 24.3 Å². The zero-order valence-corrected chi connectivity index (χ0v) is 9.02. The van der Waals surface area contributed by atoms with Crippen molar-refractivity contribution in [2.75, 3.05) is 0 Å². The molecule has 82 valence electrons. The number of nitrogens with zero attached hydrogens (tertiary/aromatic N) is 1. The molecule has 2 aromatic rings. The maximum Gasteiger partial charge on any atom is 0.228 e. The molecule has 0 atom stereocenters. The van der Waals surface area contributed by atoms with E-state index in [1.54, 1.807) is 24.3 Å². The number of aromatic hydroxyl groups is 1. The molecule has 16 heavy (non-hydrogen) atoms. The summed E-state index contributed by atoms with van der Waals surface area (Å²) in [5.41, 5.74) is 0.603. The third kappa shape index (κ3) is 1.31. The van der Waals surface area contributed by atoms with Gasteiger partial charge in [-0.25, -0.2) is 0 Å². The van der Waals surface area contributed by atoms with Crippen molar-refractivity contribution < 1.29 is 14.7 Å². The van der Waals surface area contributed by atoms with Crippen LogP contribution in [0.4, 0.5) is 0 Å². The van der Waals surface area contributed by atoms with Gasteiger partial charge in [-0.15, -0.1) is 0 Å². The first-order valence-electron chi connectivity index (χ1n) is 4.88. The summed E-state index contributed by atoms with van der Waals surface area (Å²) >= 11 is 0. The summed E-state index contributed by atoms with van der Waals surface area (Å²) in [6.07, 6.45) is 0. The summed E-state index contributed by atoms with van der Waals surface area (Å²) in [5, 5.41) is 10.4. The SMILES string of the molecule is CC(=O)c1c(O)c2ccccc2n1C(C)=O. The second-order valence-corrected chi connectivity index (χ2v) is 3.62. The molecule has 1 aromatic heterocycles. The minimum Gasteiger partial charge on any atom is -0.505 e. The van der Waals surface area contributed by atoms with Crippen molar-refractivity contribution in [3.8, 4) is 5.75 Å². The summed E-state index contributed by atoms with van der Waals surface area (Å²) in [4.78, 5) is 22.9. The van der Waals surface area contributed by atoms with Gasteiger partial charge in [0.15, 0.2) is 11.5 Å². The van der Waals surface area contributed by atoms with Gasteiger partial charge in [0.2, 0.25) is 5.91 Å². The van der Waals surface area contributed by atoms with Crippen molar-refractivity contribution in [1.29, 1.82) is 0 Å². The zero-order valence-electron chi connectivity index (χ0n) is 9.02. The van der Waals surface area contributed by atoms with Crippen LogP contribution in [0.2, 0.25) is 0 Å². The molecule has 1 N–H and O–H groups in total. The number of Topliss-reactive ketones (excluding diaryl/α,β-unsaturated/α-hetero) is 1. The Kier molecular flexibility index (Phi) is 2.27. The normalized spacial score (nSPS) is 10.6. The molecule has 0 spiro atoms. The predicted octanol–water partition coefficient (Wildman–Crippen LogP) is 2.21. The maximum absolute atomic E-state index is 11.5. The first kappa shape index (κ1) is 10.4. The molecular formula is C12H11NO3. The topological polar surface area (TPSA) is 59.3 Å². The standard InChI is InChI=1S/C12H11NO3/c1-7(14)11-12(16)9-5-3-4-6-10(9)13(11)8(2)15/h3-6,16H,1-2H3. The Morgan fingerprint density at radius 1 is 1.19 bits per heavy atom. The van der Waals surface area contributed by atoms with Crippen LogP contribution in [-0.2, 0) is 0 Å². The second-order valence-electron chi connectivity index (χ2n) is 3.62. The van der Waals surface area contributed by atoms with E-state index in [0.717, 1.165) is 0 Å². The number of hydrogen-bond acceptors (Lipinski definition) is 3. The lowest BCUT2D eigenvalue weighted by atomic mass is 10.2. The Bertz CT molecular complexity index is 596. The van der Waals surface area contributed by atoms with E-state index in [2.05, 4.69) is 0 Å². The minimum atomic E-state index is -0.330. The van der Waals surface area contributed by atoms with Crippen LogP contribution in [0.1, 0.15) is 29.1 Å². The zero-order chi connectivity index (χ0) is 11.9. The van der Waals surface area contributed by atoms with Crippen LogP contribution in [0, 0.1) is 0 Å². The highest BCUT2D eigenvalue weighted by atomic mass is 16.3. The van der Waals surface area contributed by atoms with Gasteiger partial charge < -0.3 is 5.11 Å². The van der Waals surface area contributed by atoms with E-state index in [1.165, 1.54) is 18.4 Å². The second kappa shape index (κ2) is 3.48. The molecular weight excluding hydrogens is 206 g/mol. The van der Waals surface area contributed by atoms with Crippen LogP contribution in [0.5, 0.6) is 5.75 Å². The van der Waals surface area contributed by atoms with E-state index in [0.29, 0.717) is 10.9 Å². The number of carbonyl (C=O) groups excluding carboxylic acids is 2. The molecule has 4 heteroatoms. The largest absolute Gasteiger partial charge is 0.505 e. The molecule has 0 fully saturated rings. The molecule has 4 nitrogen and oxygen atoms in total. The number of fused-ring (bicyclic) bond motifs is 1. The van der Waals surface area contributed by atoms with E-state index in [4.69, 9.17) is 0 Å². The molecule has 0 aliphatic heterocycles. The van der Waals surface area contributed by atoms with Gasteiger partial charge in [-0.2, -0.15) is 0 Å². The van der Waals surface area contributed by atoms with E-state index in [1.807, 2.05) is 0 Å². The number of carbonyl (C=O) groups is 2. The fourth-order valence-corrected chi connectivity index (χ4v) is 1.87. The first-order valence-corrected chi connectivity index (χ1v) is 4.88. The van der Waals surface area contributed by atoms with Crippen molar-refractivity contribution in [1.82, 2.24) is 4.57 Å². The molecule has 0 saturated carbocycles. The van der Waals surface area contributed by atoms with Gasteiger partial charge in [-0.1, -0.05) is 12.1 Å². The highest BCUT2D eigenvalue weighted by Crippen LogP contribution is 2.32. The molecule has 0 unspecified atom stereocenters. The maximum atomic E-state index is 11.5. The van der Waals surface area contributed by atoms with Gasteiger partial charge in [-0.3, -0.25) is 14.2 Å². The van der Waals surface area contributed by atoms with Crippen molar-refractivity contribution in [2.45, 2.75) is 13.8 Å². The monoisotopic (exact) mass is 217 g/mol. The van der Waals surface area contributed by atoms with Crippen molar-refractivity contribution in [2.24, 2.45) is 0 Å². The van der Waals surface area contributed by atoms with E-state index in [-0.39, 0.29) is 23.1 Å². The van der Waals surface area contributed by atoms with Gasteiger partial charge in [-0.05, 0) is 12.1 Å². The lowest BCUT2D eigenvalue weighted by Gasteiger charge is -2.02. The third-order valence-electron chi connectivity index (χ3n) is 2.50. The average Bonchev–Trinajstić information content (AvgIpc) is 2.53. The quantitative estimate of drug-likeness (QED) is 0.745. The molecule has 1 aromatic carbocycles. The van der Waals surface area contributed by atoms with Gasteiger partial charge in [0.05, 0.1) is 5.52 Å². The Balaban J connectivity index is 2.97. The number of aromatic nitrogens is 1. The molecule has 0 radical (unpaired) electrons. The van der Waals surface area contributed by atoms with Crippen molar-refractivity contribution in [3.63, 3.8) is 0 Å². The van der Waals surface area contributed by atoms with Crippen LogP contribution in [0.3, 0.4) is 0 Å². The predicted molar refractivity (Wildman–Crippen MR) is 59.9 cm³/mol. The summed E-state index contributed by atoms with van der Waals surface area (Å²) in [6, 6.07) is 6.88. The molecule has 2 rings (SSSR count). The van der Waals surface area contributed by atoms with E-state index >= 15 is 0 Å². The highest BCUT2D eigenvalue weighted by molar-refractivity contribution is 6.08. The lowest BCUT2D eigenvalue weighted by molar-refractivity contribution is 0.0911. The summed E-state index contributed by atoms with van der Waals surface area (Å²) in [6.45, 7) is 2.69. The molecule has 0 saturated heterocycles. The Morgan fingerprint density at radius 2 is 1.81 bits per heavy atom. The Morgan fingerprint density at radius 3 is 2.38 bits per heavy atom. The average molecular weight is 217 g/mol. The minimum absolute atomic E-state index is 0.0497. The van der Waals surface area contributed by atoms with Gasteiger partial charge in [0.25, 0.3) is 0 Å². The number of para-hydroxylation sites is 1. The number of rotatable bonds is 1. The first-order chi connectivity index (χ1) is 7.54. The van der Waals surface area contributed by atoms with Crippen LogP contribution in [0.25, 0.3) is 10.9 Å². The highest BCUT2D eigenvalue weighted by Gasteiger charge is 2.21. The lowest BCUT2D eigenvalue weighted by Crippen LogP contribution is -2.12. The fraction of sp³-hybridized carbons (Fsp3) is 0.167. The molecule has 0 amide bonds. The van der Waals surface area contributed by atoms with Crippen molar-refractivity contribution in [3.05, 3.63) is 30.0 Å².